The van der Waals surface area contributed by atoms with Crippen molar-refractivity contribution in [2.75, 3.05) is 23.7 Å². The summed E-state index contributed by atoms with van der Waals surface area (Å²) in [5, 5.41) is 6.47. The Kier molecular flexibility index (Phi) is 5.39. The number of hydrogen-bond acceptors (Lipinski definition) is 6. The lowest BCUT2D eigenvalue weighted by Crippen LogP contribution is -2.28. The fourth-order valence-corrected chi connectivity index (χ4v) is 4.48. The van der Waals surface area contributed by atoms with Crippen molar-refractivity contribution in [2.24, 2.45) is 0 Å². The van der Waals surface area contributed by atoms with Crippen molar-refractivity contribution in [1.29, 1.82) is 0 Å². The van der Waals surface area contributed by atoms with Gasteiger partial charge in [-0.1, -0.05) is 6.07 Å². The third kappa shape index (κ3) is 4.75. The summed E-state index contributed by atoms with van der Waals surface area (Å²) in [6.07, 6.45) is 3.58. The third-order valence-corrected chi connectivity index (χ3v) is 6.15. The van der Waals surface area contributed by atoms with E-state index in [1.165, 1.54) is 0 Å². The van der Waals surface area contributed by atoms with Crippen LogP contribution in [0.3, 0.4) is 0 Å². The molecule has 1 aromatic heterocycles. The average Bonchev–Trinajstić information content (AvgIpc) is 3.12. The molecule has 2 heterocycles. The van der Waals surface area contributed by atoms with Crippen molar-refractivity contribution in [3.63, 3.8) is 0 Å². The van der Waals surface area contributed by atoms with Gasteiger partial charge in [0.1, 0.15) is 5.82 Å². The molecule has 8 heteroatoms. The van der Waals surface area contributed by atoms with Gasteiger partial charge in [-0.15, -0.1) is 0 Å². The van der Waals surface area contributed by atoms with Gasteiger partial charge in [0.05, 0.1) is 4.90 Å². The molecule has 0 radical (unpaired) electrons. The lowest BCUT2D eigenvalue weighted by Gasteiger charge is -2.21. The van der Waals surface area contributed by atoms with Crippen molar-refractivity contribution in [3.8, 4) is 0 Å². The Bertz CT molecular complexity index is 916. The molecule has 7 nitrogen and oxygen atoms in total. The standard InChI is InChI=1S/C19H27N5O2S/c1-14-13-20-18(23-19(2,3)4)22-17(14)21-15-8-7-9-16(12-15)27(25,26)24-10-5-6-11-24/h7-9,12-13H,5-6,10-11H2,1-4H3,(H2,20,21,22,23). The molecule has 0 aliphatic carbocycles. The van der Waals surface area contributed by atoms with Crippen LogP contribution in [-0.4, -0.2) is 41.3 Å². The predicted molar refractivity (Wildman–Crippen MR) is 108 cm³/mol. The summed E-state index contributed by atoms with van der Waals surface area (Å²) in [6.45, 7) is 9.20. The molecule has 0 bridgehead atoms. The molecule has 3 rings (SSSR count). The van der Waals surface area contributed by atoms with Gasteiger partial charge >= 0.3 is 0 Å². The Morgan fingerprint density at radius 3 is 2.52 bits per heavy atom. The van der Waals surface area contributed by atoms with Crippen molar-refractivity contribution in [1.82, 2.24) is 14.3 Å². The van der Waals surface area contributed by atoms with Crippen molar-refractivity contribution < 1.29 is 8.42 Å². The normalized spacial score (nSPS) is 15.7. The largest absolute Gasteiger partial charge is 0.350 e. The van der Waals surface area contributed by atoms with Crippen LogP contribution >= 0.6 is 0 Å². The fourth-order valence-electron chi connectivity index (χ4n) is 2.91. The minimum atomic E-state index is -3.45. The van der Waals surface area contributed by atoms with Crippen LogP contribution in [-0.2, 0) is 10.0 Å². The summed E-state index contributed by atoms with van der Waals surface area (Å²) in [4.78, 5) is 9.14. The number of sulfonamides is 1. The van der Waals surface area contributed by atoms with Gasteiger partial charge in [-0.25, -0.2) is 13.4 Å². The van der Waals surface area contributed by atoms with Gasteiger partial charge in [0.15, 0.2) is 0 Å². The van der Waals surface area contributed by atoms with Crippen LogP contribution < -0.4 is 10.6 Å². The first-order chi connectivity index (χ1) is 12.6. The fraction of sp³-hybridized carbons (Fsp3) is 0.474. The van der Waals surface area contributed by atoms with Gasteiger partial charge in [0.2, 0.25) is 16.0 Å². The van der Waals surface area contributed by atoms with Crippen LogP contribution in [0, 0.1) is 6.92 Å². The summed E-state index contributed by atoms with van der Waals surface area (Å²) in [5.74, 6) is 1.17. The monoisotopic (exact) mass is 389 g/mol. The second-order valence-electron chi connectivity index (χ2n) is 7.86. The molecule has 1 aromatic carbocycles. The van der Waals surface area contributed by atoms with Crippen LogP contribution in [0.1, 0.15) is 39.2 Å². The second kappa shape index (κ2) is 7.44. The molecule has 0 amide bonds. The number of anilines is 3. The first kappa shape index (κ1) is 19.6. The quantitative estimate of drug-likeness (QED) is 0.813. The lowest BCUT2D eigenvalue weighted by molar-refractivity contribution is 0.477. The molecule has 0 atom stereocenters. The molecule has 146 valence electrons. The molecule has 27 heavy (non-hydrogen) atoms. The number of aryl methyl sites for hydroxylation is 1. The van der Waals surface area contributed by atoms with Crippen molar-refractivity contribution in [3.05, 3.63) is 36.0 Å². The zero-order valence-electron chi connectivity index (χ0n) is 16.3. The number of aromatic nitrogens is 2. The summed E-state index contributed by atoms with van der Waals surface area (Å²) >= 11 is 0. The summed E-state index contributed by atoms with van der Waals surface area (Å²) in [7, 11) is -3.45. The van der Waals surface area contributed by atoms with E-state index in [0.29, 0.717) is 35.4 Å². The minimum absolute atomic E-state index is 0.156. The smallest absolute Gasteiger partial charge is 0.243 e. The number of nitrogens with one attached hydrogen (secondary N) is 2. The molecule has 0 saturated carbocycles. The van der Waals surface area contributed by atoms with E-state index in [2.05, 4.69) is 20.6 Å². The molecule has 2 aromatic rings. The molecule has 1 saturated heterocycles. The Morgan fingerprint density at radius 2 is 1.85 bits per heavy atom. The molecule has 1 fully saturated rings. The van der Waals surface area contributed by atoms with Crippen molar-refractivity contribution >= 4 is 27.5 Å². The maximum Gasteiger partial charge on any atom is 0.243 e. The SMILES string of the molecule is Cc1cnc(NC(C)(C)C)nc1Nc1cccc(S(=O)(=O)N2CCCC2)c1. The zero-order valence-corrected chi connectivity index (χ0v) is 17.1. The van der Waals surface area contributed by atoms with E-state index in [4.69, 9.17) is 0 Å². The molecule has 1 aliphatic heterocycles. The number of rotatable bonds is 5. The topological polar surface area (TPSA) is 87.2 Å². The lowest BCUT2D eigenvalue weighted by atomic mass is 10.1. The molecular weight excluding hydrogens is 362 g/mol. The van der Waals surface area contributed by atoms with E-state index in [-0.39, 0.29) is 5.54 Å². The Morgan fingerprint density at radius 1 is 1.15 bits per heavy atom. The maximum atomic E-state index is 12.8. The first-order valence-electron chi connectivity index (χ1n) is 9.14. The van der Waals surface area contributed by atoms with E-state index in [9.17, 15) is 8.42 Å². The number of hydrogen-bond donors (Lipinski definition) is 2. The van der Waals surface area contributed by atoms with E-state index in [1.807, 2.05) is 33.8 Å². The Labute approximate surface area is 161 Å². The molecule has 0 spiro atoms. The maximum absolute atomic E-state index is 12.8. The Balaban J connectivity index is 1.85. The zero-order chi connectivity index (χ0) is 19.7. The van der Waals surface area contributed by atoms with Crippen LogP contribution in [0.15, 0.2) is 35.4 Å². The average molecular weight is 390 g/mol. The molecule has 1 aliphatic rings. The molecule has 0 unspecified atom stereocenters. The van der Waals surface area contributed by atoms with Gasteiger partial charge in [-0.2, -0.15) is 9.29 Å². The van der Waals surface area contributed by atoms with Gasteiger partial charge in [-0.3, -0.25) is 0 Å². The van der Waals surface area contributed by atoms with Crippen LogP contribution in [0.4, 0.5) is 17.5 Å². The summed E-state index contributed by atoms with van der Waals surface area (Å²) in [6, 6.07) is 6.88. The molecular formula is C19H27N5O2S. The van der Waals surface area contributed by atoms with Gasteiger partial charge in [-0.05, 0) is 58.7 Å². The van der Waals surface area contributed by atoms with Crippen LogP contribution in [0.5, 0.6) is 0 Å². The number of benzene rings is 1. The van der Waals surface area contributed by atoms with Crippen LogP contribution in [0.25, 0.3) is 0 Å². The second-order valence-corrected chi connectivity index (χ2v) is 9.80. The Hall–Kier alpha value is -2.19. The van der Waals surface area contributed by atoms with E-state index >= 15 is 0 Å². The highest BCUT2D eigenvalue weighted by Crippen LogP contribution is 2.25. The van der Waals surface area contributed by atoms with Crippen LogP contribution in [0.2, 0.25) is 0 Å². The summed E-state index contributed by atoms with van der Waals surface area (Å²) < 4.78 is 27.1. The van der Waals surface area contributed by atoms with E-state index in [1.54, 1.807) is 28.7 Å². The van der Waals surface area contributed by atoms with Gasteiger partial charge in [0.25, 0.3) is 0 Å². The summed E-state index contributed by atoms with van der Waals surface area (Å²) in [5.41, 5.74) is 1.40. The van der Waals surface area contributed by atoms with Gasteiger partial charge in [0, 0.05) is 36.1 Å². The third-order valence-electron chi connectivity index (χ3n) is 4.26. The van der Waals surface area contributed by atoms with Gasteiger partial charge < -0.3 is 10.6 Å². The number of nitrogens with zero attached hydrogens (tertiary/aromatic N) is 3. The predicted octanol–water partition coefficient (Wildman–Crippen LogP) is 3.52. The highest BCUT2D eigenvalue weighted by Gasteiger charge is 2.27. The highest BCUT2D eigenvalue weighted by atomic mass is 32.2. The molecule has 2 N–H and O–H groups in total. The van der Waals surface area contributed by atoms with E-state index in [0.717, 1.165) is 18.4 Å². The minimum Gasteiger partial charge on any atom is -0.350 e. The first-order valence-corrected chi connectivity index (χ1v) is 10.6. The van der Waals surface area contributed by atoms with E-state index < -0.39 is 10.0 Å². The highest BCUT2D eigenvalue weighted by molar-refractivity contribution is 7.89. The van der Waals surface area contributed by atoms with Crippen molar-refractivity contribution in [2.45, 2.75) is 51.0 Å².